The van der Waals surface area contributed by atoms with Crippen molar-refractivity contribution in [3.05, 3.63) is 94.3 Å². The van der Waals surface area contributed by atoms with Gasteiger partial charge in [0.05, 0.1) is 11.7 Å². The number of imidazole rings is 1. The number of rotatable bonds is 6. The molecule has 0 N–H and O–H groups in total. The number of aromatic nitrogens is 2. The van der Waals surface area contributed by atoms with Gasteiger partial charge in [-0.2, -0.15) is 0 Å². The number of benzene rings is 1. The number of piperidine rings is 1. The van der Waals surface area contributed by atoms with Crippen LogP contribution in [0.5, 0.6) is 0 Å². The van der Waals surface area contributed by atoms with E-state index in [9.17, 15) is 0 Å². The first-order valence-corrected chi connectivity index (χ1v) is 19.8. The largest absolute Gasteiger partial charge is 0.367 e. The zero-order valence-corrected chi connectivity index (χ0v) is 32.9. The number of likely N-dealkylation sites (tertiary alicyclic amines) is 1. The van der Waals surface area contributed by atoms with Crippen LogP contribution in [0.25, 0.3) is 5.69 Å². The first kappa shape index (κ1) is 39.6. The van der Waals surface area contributed by atoms with Crippen LogP contribution in [-0.2, 0) is 0 Å². The van der Waals surface area contributed by atoms with Crippen LogP contribution in [-0.4, -0.2) is 27.5 Å². The molecule has 2 heterocycles. The molecule has 1 aromatic heterocycles. The Morgan fingerprint density at radius 1 is 0.938 bits per heavy atom. The summed E-state index contributed by atoms with van der Waals surface area (Å²) in [5.41, 5.74) is 10.2. The molecule has 6 rings (SSSR count). The highest BCUT2D eigenvalue weighted by Gasteiger charge is 2.38. The minimum absolute atomic E-state index is 0.577. The van der Waals surface area contributed by atoms with Crippen LogP contribution in [0, 0.1) is 31.6 Å². The molecular formula is C45H71N3. The molecule has 1 saturated heterocycles. The minimum Gasteiger partial charge on any atom is -0.367 e. The molecule has 0 bridgehead atoms. The van der Waals surface area contributed by atoms with Crippen molar-refractivity contribution in [3.63, 3.8) is 0 Å². The topological polar surface area (TPSA) is 21.1 Å². The average molecular weight is 654 g/mol. The van der Waals surface area contributed by atoms with Gasteiger partial charge in [-0.05, 0) is 93.4 Å². The van der Waals surface area contributed by atoms with Crippen LogP contribution in [0.1, 0.15) is 155 Å². The molecule has 0 amide bonds. The predicted octanol–water partition coefficient (Wildman–Crippen LogP) is 13.2. The number of para-hydroxylation sites is 1. The zero-order valence-electron chi connectivity index (χ0n) is 32.9. The second kappa shape index (κ2) is 20.0. The Morgan fingerprint density at radius 2 is 1.62 bits per heavy atom. The fourth-order valence-electron chi connectivity index (χ4n) is 8.22. The number of hydrogen-bond acceptors (Lipinski definition) is 2. The van der Waals surface area contributed by atoms with E-state index in [1.54, 1.807) is 11.1 Å². The van der Waals surface area contributed by atoms with E-state index in [0.29, 0.717) is 17.9 Å². The summed E-state index contributed by atoms with van der Waals surface area (Å²) in [7, 11) is 2.28. The summed E-state index contributed by atoms with van der Waals surface area (Å²) >= 11 is 0. The second-order valence-electron chi connectivity index (χ2n) is 14.7. The third-order valence-electron chi connectivity index (χ3n) is 11.1. The molecule has 2 fully saturated rings. The predicted molar refractivity (Wildman–Crippen MR) is 211 cm³/mol. The van der Waals surface area contributed by atoms with Gasteiger partial charge in [-0.1, -0.05) is 135 Å². The Morgan fingerprint density at radius 3 is 2.25 bits per heavy atom. The lowest BCUT2D eigenvalue weighted by molar-refractivity contribution is 0.248. The fourth-order valence-corrected chi connectivity index (χ4v) is 8.22. The van der Waals surface area contributed by atoms with E-state index in [1.165, 1.54) is 105 Å². The summed E-state index contributed by atoms with van der Waals surface area (Å²) in [5.74, 6) is 4.28. The number of hydrogen-bond donors (Lipinski definition) is 0. The minimum atomic E-state index is 0.577. The summed E-state index contributed by atoms with van der Waals surface area (Å²) in [6.07, 6.45) is 29.5. The first-order valence-electron chi connectivity index (χ1n) is 19.8. The van der Waals surface area contributed by atoms with E-state index in [4.69, 9.17) is 4.98 Å². The highest BCUT2D eigenvalue weighted by Crippen LogP contribution is 2.45. The maximum Gasteiger partial charge on any atom is 0.116 e. The quantitative estimate of drug-likeness (QED) is 0.289. The van der Waals surface area contributed by atoms with Gasteiger partial charge in [0.1, 0.15) is 5.82 Å². The molecule has 3 heteroatoms. The van der Waals surface area contributed by atoms with Crippen molar-refractivity contribution in [2.75, 3.05) is 7.05 Å². The van der Waals surface area contributed by atoms with Gasteiger partial charge in [0.25, 0.3) is 0 Å². The summed E-state index contributed by atoms with van der Waals surface area (Å²) < 4.78 is 2.33. The number of likely N-dealkylation sites (N-methyl/N-ethyl adjacent to an activating group) is 1. The molecule has 48 heavy (non-hydrogen) atoms. The molecule has 1 aromatic carbocycles. The molecule has 0 radical (unpaired) electrons. The Bertz CT molecular complexity index is 1360. The summed E-state index contributed by atoms with van der Waals surface area (Å²) in [5, 5.41) is 0. The van der Waals surface area contributed by atoms with Crippen LogP contribution in [0.2, 0.25) is 0 Å². The van der Waals surface area contributed by atoms with E-state index in [0.717, 1.165) is 18.3 Å². The van der Waals surface area contributed by atoms with Gasteiger partial charge in [-0.3, -0.25) is 0 Å². The van der Waals surface area contributed by atoms with Gasteiger partial charge < -0.3 is 9.47 Å². The lowest BCUT2D eigenvalue weighted by Gasteiger charge is -2.47. The Balaban J connectivity index is 0.000000210. The van der Waals surface area contributed by atoms with Gasteiger partial charge in [0.2, 0.25) is 0 Å². The molecular weight excluding hydrogens is 583 g/mol. The Kier molecular flexibility index (Phi) is 16.5. The van der Waals surface area contributed by atoms with E-state index in [-0.39, 0.29) is 0 Å². The van der Waals surface area contributed by atoms with Crippen molar-refractivity contribution in [1.29, 1.82) is 0 Å². The van der Waals surface area contributed by atoms with Gasteiger partial charge in [0, 0.05) is 37.0 Å². The Hall–Kier alpha value is -2.81. The average Bonchev–Trinajstić information content (AvgIpc) is 3.57. The van der Waals surface area contributed by atoms with Crippen LogP contribution in [0.15, 0.2) is 77.3 Å². The zero-order chi connectivity index (χ0) is 35.2. The third-order valence-corrected chi connectivity index (χ3v) is 11.1. The SMILES string of the molecule is CC.CC/C=C1/C2=CCCC=C2C2CCC(C)=CC2N1C.CCC[C@H](C)CC.Cc1cccc(C)c1-n1ccnc1C1CCCCC1C. The maximum atomic E-state index is 4.71. The van der Waals surface area contributed by atoms with E-state index in [2.05, 4.69) is 121 Å². The van der Waals surface area contributed by atoms with Crippen molar-refractivity contribution in [2.45, 2.75) is 158 Å². The maximum absolute atomic E-state index is 4.71. The summed E-state index contributed by atoms with van der Waals surface area (Å²) in [6, 6.07) is 7.09. The monoisotopic (exact) mass is 654 g/mol. The molecule has 3 nitrogen and oxygen atoms in total. The number of fused-ring (bicyclic) bond motifs is 3. The van der Waals surface area contributed by atoms with Gasteiger partial charge in [-0.25, -0.2) is 4.98 Å². The number of nitrogens with zero attached hydrogens (tertiary/aromatic N) is 3. The molecule has 4 unspecified atom stereocenters. The van der Waals surface area contributed by atoms with E-state index in [1.807, 2.05) is 20.0 Å². The normalized spacial score (nSPS) is 24.5. The molecule has 1 aliphatic heterocycles. The van der Waals surface area contributed by atoms with Gasteiger partial charge >= 0.3 is 0 Å². The molecule has 3 aliphatic carbocycles. The summed E-state index contributed by atoms with van der Waals surface area (Å²) in [6.45, 7) is 22.1. The smallest absolute Gasteiger partial charge is 0.116 e. The molecule has 0 spiro atoms. The van der Waals surface area contributed by atoms with E-state index >= 15 is 0 Å². The van der Waals surface area contributed by atoms with E-state index < -0.39 is 0 Å². The molecule has 1 saturated carbocycles. The van der Waals surface area contributed by atoms with Crippen molar-refractivity contribution in [3.8, 4) is 5.69 Å². The standard InChI is InChI=1S/C18H24N2.C18H25N.C7H16.C2H6/c1-13-7-4-5-10-16(13)18-19-11-12-20(18)17-14(2)8-6-9-15(17)3;1-4-7-17-15-9-6-5-8-14(15)16-11-10-13(2)12-18(16)19(17)3;1-4-6-7(3)5-2;1-2/h6,8-9,11-13,16H,4-5,7,10H2,1-3H3;7-9,12,16,18H,4-6,10-11H2,1-3H3;7H,4-6H2,1-3H3;1-2H3/b;17-7-;;/t;;7-;/m..1./s1. The Labute approximate surface area is 296 Å². The molecule has 266 valence electrons. The van der Waals surface area contributed by atoms with Crippen molar-refractivity contribution in [2.24, 2.45) is 17.8 Å². The van der Waals surface area contributed by atoms with Crippen molar-refractivity contribution < 1.29 is 0 Å². The highest BCUT2D eigenvalue weighted by molar-refractivity contribution is 5.53. The first-order chi connectivity index (χ1) is 23.2. The lowest BCUT2D eigenvalue weighted by Crippen LogP contribution is -2.44. The number of aryl methyl sites for hydroxylation is 2. The third kappa shape index (κ3) is 9.88. The van der Waals surface area contributed by atoms with Crippen molar-refractivity contribution >= 4 is 0 Å². The molecule has 4 aliphatic rings. The van der Waals surface area contributed by atoms with Gasteiger partial charge in [0.15, 0.2) is 0 Å². The van der Waals surface area contributed by atoms with Crippen LogP contribution in [0.3, 0.4) is 0 Å². The fraction of sp³-hybridized carbons (Fsp3) is 0.622. The summed E-state index contributed by atoms with van der Waals surface area (Å²) in [4.78, 5) is 7.23. The van der Waals surface area contributed by atoms with Crippen LogP contribution >= 0.6 is 0 Å². The van der Waals surface area contributed by atoms with Crippen molar-refractivity contribution in [1.82, 2.24) is 14.5 Å². The number of allylic oxidation sites excluding steroid dienone is 5. The van der Waals surface area contributed by atoms with Crippen LogP contribution < -0.4 is 0 Å². The molecule has 2 aromatic rings. The second-order valence-corrected chi connectivity index (χ2v) is 14.7. The van der Waals surface area contributed by atoms with Gasteiger partial charge in [-0.15, -0.1) is 0 Å². The van der Waals surface area contributed by atoms with Crippen LogP contribution in [0.4, 0.5) is 0 Å². The lowest BCUT2D eigenvalue weighted by atomic mass is 9.72. The highest BCUT2D eigenvalue weighted by atomic mass is 15.2. The molecule has 5 atom stereocenters.